The lowest BCUT2D eigenvalue weighted by Gasteiger charge is -2.10. The van der Waals surface area contributed by atoms with E-state index in [1.807, 2.05) is 50.2 Å². The van der Waals surface area contributed by atoms with Crippen molar-refractivity contribution < 1.29 is 9.18 Å². The summed E-state index contributed by atoms with van der Waals surface area (Å²) in [6.07, 6.45) is 0. The largest absolute Gasteiger partial charge is 0.340 e. The van der Waals surface area contributed by atoms with E-state index in [1.165, 1.54) is 17.3 Å². The van der Waals surface area contributed by atoms with E-state index in [2.05, 4.69) is 41.0 Å². The number of fused-ring (bicyclic) bond motifs is 1. The van der Waals surface area contributed by atoms with Crippen molar-refractivity contribution >= 4 is 34.1 Å². The minimum atomic E-state index is -0.385. The first kappa shape index (κ1) is 24.8. The van der Waals surface area contributed by atoms with Gasteiger partial charge in [-0.3, -0.25) is 9.48 Å². The fourth-order valence-corrected chi connectivity index (χ4v) is 5.03. The Morgan fingerprint density at radius 1 is 0.946 bits per heavy atom. The van der Waals surface area contributed by atoms with E-state index in [-0.39, 0.29) is 18.3 Å². The molecule has 5 rings (SSSR count). The van der Waals surface area contributed by atoms with Crippen molar-refractivity contribution in [1.82, 2.24) is 14.3 Å². The van der Waals surface area contributed by atoms with Gasteiger partial charge in [0.1, 0.15) is 5.82 Å². The molecule has 1 amide bonds. The summed E-state index contributed by atoms with van der Waals surface area (Å²) in [5.41, 5.74) is 7.58. The third-order valence-corrected chi connectivity index (χ3v) is 7.43. The Morgan fingerprint density at radius 3 is 2.43 bits per heavy atom. The molecule has 3 aromatic carbocycles. The van der Waals surface area contributed by atoms with Crippen molar-refractivity contribution in [3.8, 4) is 0 Å². The lowest BCUT2D eigenvalue weighted by atomic mass is 10.1. The van der Waals surface area contributed by atoms with Gasteiger partial charge in [0, 0.05) is 39.3 Å². The summed E-state index contributed by atoms with van der Waals surface area (Å²) in [6.45, 7) is 8.82. The van der Waals surface area contributed by atoms with Crippen LogP contribution in [0.5, 0.6) is 0 Å². The molecule has 0 fully saturated rings. The maximum atomic E-state index is 14.3. The van der Waals surface area contributed by atoms with Gasteiger partial charge in [-0.15, -0.1) is 0 Å². The molecule has 0 spiro atoms. The van der Waals surface area contributed by atoms with Gasteiger partial charge in [0.05, 0.1) is 23.6 Å². The molecule has 0 atom stereocenters. The van der Waals surface area contributed by atoms with Gasteiger partial charge >= 0.3 is 0 Å². The summed E-state index contributed by atoms with van der Waals surface area (Å²) in [6, 6.07) is 20.8. The summed E-state index contributed by atoms with van der Waals surface area (Å²) in [7, 11) is 0. The van der Waals surface area contributed by atoms with Gasteiger partial charge in [-0.2, -0.15) is 5.10 Å². The highest BCUT2D eigenvalue weighted by Gasteiger charge is 2.19. The molecule has 37 heavy (non-hydrogen) atoms. The molecule has 2 heterocycles. The van der Waals surface area contributed by atoms with E-state index < -0.39 is 0 Å². The Hall–Kier alpha value is -3.90. The van der Waals surface area contributed by atoms with Crippen LogP contribution < -0.4 is 5.32 Å². The molecule has 0 bridgehead atoms. The second-order valence-electron chi connectivity index (χ2n) is 9.37. The summed E-state index contributed by atoms with van der Waals surface area (Å²) in [5.74, 6) is -0.603. The van der Waals surface area contributed by atoms with Crippen LogP contribution in [0.15, 0.2) is 66.7 Å². The fourth-order valence-electron chi connectivity index (χ4n) is 4.81. The van der Waals surface area contributed by atoms with E-state index in [1.54, 1.807) is 16.8 Å². The third-order valence-electron chi connectivity index (χ3n) is 7.07. The van der Waals surface area contributed by atoms with Crippen LogP contribution >= 0.6 is 11.6 Å². The Balaban J connectivity index is 1.42. The van der Waals surface area contributed by atoms with Crippen molar-refractivity contribution in [2.75, 3.05) is 5.32 Å². The number of benzene rings is 3. The summed E-state index contributed by atoms with van der Waals surface area (Å²) < 4.78 is 18.3. The third kappa shape index (κ3) is 4.65. The quantitative estimate of drug-likeness (QED) is 0.260. The highest BCUT2D eigenvalue weighted by molar-refractivity contribution is 6.31. The number of halogens is 2. The Labute approximate surface area is 220 Å². The van der Waals surface area contributed by atoms with Gasteiger partial charge in [0.25, 0.3) is 5.91 Å². The molecule has 7 heteroatoms. The number of aryl methyl sites for hydroxylation is 2. The maximum absolute atomic E-state index is 14.3. The van der Waals surface area contributed by atoms with E-state index in [0.717, 1.165) is 28.7 Å². The number of aromatic nitrogens is 3. The van der Waals surface area contributed by atoms with Crippen molar-refractivity contribution in [2.24, 2.45) is 0 Å². The van der Waals surface area contributed by atoms with Gasteiger partial charge in [-0.1, -0.05) is 48.0 Å². The van der Waals surface area contributed by atoms with Crippen LogP contribution in [-0.4, -0.2) is 20.3 Å². The molecule has 0 aliphatic rings. The molecule has 5 nitrogen and oxygen atoms in total. The van der Waals surface area contributed by atoms with Crippen molar-refractivity contribution in [3.63, 3.8) is 0 Å². The summed E-state index contributed by atoms with van der Waals surface area (Å²) in [5, 5.41) is 8.95. The van der Waals surface area contributed by atoms with Crippen molar-refractivity contribution in [2.45, 2.75) is 40.8 Å². The number of amides is 1. The molecular formula is C30H28ClFN4O. The minimum absolute atomic E-state index is 0.174. The standard InChI is InChI=1S/C30H28ClFN4O/c1-18-20(3)35(16-22-9-6-5-7-10-22)28-14-13-23(15-24(18)28)30(37)33-29-19(2)34-36(21(29)4)17-25-26(31)11-8-12-27(25)32/h5-15H,16-17H2,1-4H3,(H,33,37). The first-order valence-electron chi connectivity index (χ1n) is 12.2. The Bertz CT molecular complexity index is 1610. The van der Waals surface area contributed by atoms with Gasteiger partial charge in [0.15, 0.2) is 0 Å². The number of hydrogen-bond acceptors (Lipinski definition) is 2. The molecule has 0 saturated carbocycles. The van der Waals surface area contributed by atoms with E-state index in [9.17, 15) is 9.18 Å². The summed E-state index contributed by atoms with van der Waals surface area (Å²) >= 11 is 6.21. The number of nitrogens with zero attached hydrogens (tertiary/aromatic N) is 3. The number of carbonyl (C=O) groups excluding carboxylic acids is 1. The monoisotopic (exact) mass is 514 g/mol. The van der Waals surface area contributed by atoms with Crippen LogP contribution in [0, 0.1) is 33.5 Å². The zero-order valence-corrected chi connectivity index (χ0v) is 22.0. The van der Waals surface area contributed by atoms with Crippen LogP contribution in [0.2, 0.25) is 5.02 Å². The number of hydrogen-bond donors (Lipinski definition) is 1. The first-order valence-corrected chi connectivity index (χ1v) is 12.5. The van der Waals surface area contributed by atoms with Crippen molar-refractivity contribution in [3.05, 3.63) is 117 Å². The molecule has 2 aromatic heterocycles. The summed E-state index contributed by atoms with van der Waals surface area (Å²) in [4.78, 5) is 13.3. The predicted octanol–water partition coefficient (Wildman–Crippen LogP) is 7.21. The highest BCUT2D eigenvalue weighted by Crippen LogP contribution is 2.29. The molecule has 0 saturated heterocycles. The normalized spacial score (nSPS) is 11.3. The van der Waals surface area contributed by atoms with Gasteiger partial charge in [-0.25, -0.2) is 4.39 Å². The van der Waals surface area contributed by atoms with Gasteiger partial charge < -0.3 is 9.88 Å². The second-order valence-corrected chi connectivity index (χ2v) is 9.78. The molecule has 0 radical (unpaired) electrons. The van der Waals surface area contributed by atoms with Gasteiger partial charge in [-0.05, 0) is 69.2 Å². The second kappa shape index (κ2) is 9.87. The van der Waals surface area contributed by atoms with Crippen LogP contribution in [0.3, 0.4) is 0 Å². The molecular weight excluding hydrogens is 487 g/mol. The van der Waals surface area contributed by atoms with Crippen LogP contribution in [0.4, 0.5) is 10.1 Å². The maximum Gasteiger partial charge on any atom is 0.255 e. The van der Waals surface area contributed by atoms with E-state index >= 15 is 0 Å². The lowest BCUT2D eigenvalue weighted by Crippen LogP contribution is -2.13. The average molecular weight is 515 g/mol. The zero-order chi connectivity index (χ0) is 26.3. The Kier molecular flexibility index (Phi) is 6.61. The smallest absolute Gasteiger partial charge is 0.255 e. The first-order chi connectivity index (χ1) is 17.7. The van der Waals surface area contributed by atoms with Crippen LogP contribution in [0.1, 0.15) is 44.1 Å². The molecule has 1 N–H and O–H groups in total. The van der Waals surface area contributed by atoms with E-state index in [4.69, 9.17) is 11.6 Å². The molecule has 0 aliphatic carbocycles. The van der Waals surface area contributed by atoms with E-state index in [0.29, 0.717) is 27.5 Å². The molecule has 0 unspecified atom stereocenters. The van der Waals surface area contributed by atoms with Crippen molar-refractivity contribution in [1.29, 1.82) is 0 Å². The lowest BCUT2D eigenvalue weighted by molar-refractivity contribution is 0.102. The minimum Gasteiger partial charge on any atom is -0.340 e. The predicted molar refractivity (Wildman–Crippen MR) is 147 cm³/mol. The number of rotatable bonds is 6. The highest BCUT2D eigenvalue weighted by atomic mass is 35.5. The average Bonchev–Trinajstić information content (AvgIpc) is 3.29. The zero-order valence-electron chi connectivity index (χ0n) is 21.3. The van der Waals surface area contributed by atoms with Gasteiger partial charge in [0.2, 0.25) is 0 Å². The fraction of sp³-hybridized carbons (Fsp3) is 0.200. The number of nitrogens with one attached hydrogen (secondary N) is 1. The van der Waals surface area contributed by atoms with Crippen LogP contribution in [0.25, 0.3) is 10.9 Å². The number of carbonyl (C=O) groups is 1. The topological polar surface area (TPSA) is 51.9 Å². The SMILES string of the molecule is Cc1nn(Cc2c(F)cccc2Cl)c(C)c1NC(=O)c1ccc2c(c1)c(C)c(C)n2Cc1ccccc1. The molecule has 5 aromatic rings. The molecule has 188 valence electrons. The Morgan fingerprint density at radius 2 is 1.70 bits per heavy atom. The molecule has 0 aliphatic heterocycles. The van der Waals surface area contributed by atoms with Crippen LogP contribution in [-0.2, 0) is 13.1 Å². The number of anilines is 1.